The van der Waals surface area contributed by atoms with Gasteiger partial charge in [-0.05, 0) is 97.4 Å². The molecule has 7 heteroatoms. The number of cyclic esters (lactones) is 1. The Morgan fingerprint density at radius 2 is 1.79 bits per heavy atom. The van der Waals surface area contributed by atoms with Gasteiger partial charge in [0.05, 0.1) is 11.6 Å². The van der Waals surface area contributed by atoms with Crippen molar-refractivity contribution in [3.63, 3.8) is 0 Å². The van der Waals surface area contributed by atoms with E-state index < -0.39 is 35.4 Å². The van der Waals surface area contributed by atoms with Crippen LogP contribution in [-0.2, 0) is 22.1 Å². The summed E-state index contributed by atoms with van der Waals surface area (Å²) in [4.78, 5) is 27.4. The molecule has 2 aliphatic rings. The number of allylic oxidation sites excluding steroid dienone is 1. The molecule has 0 radical (unpaired) electrons. The maximum Gasteiger partial charge on any atom is 0.416 e. The van der Waals surface area contributed by atoms with E-state index in [1.807, 2.05) is 27.7 Å². The molecule has 1 amide bonds. The molecule has 0 spiro atoms. The SMILES string of the molecule is CCC(=O)C(C)(C)Cc1ccc(C)c(C2=C(CN3C(=O)O[C@H](c4cc(C)cc(C(F)(F)F)c4)[C@@H]3C)CC(C)(C)CC2)c1. The minimum absolute atomic E-state index is 0.0459. The lowest BCUT2D eigenvalue weighted by molar-refractivity contribution is -0.137. The summed E-state index contributed by atoms with van der Waals surface area (Å²) in [6, 6.07) is 9.85. The molecule has 228 valence electrons. The minimum Gasteiger partial charge on any atom is -0.439 e. The molecule has 4 nitrogen and oxygen atoms in total. The van der Waals surface area contributed by atoms with Crippen LogP contribution in [0, 0.1) is 24.7 Å². The number of carbonyl (C=O) groups excluding carboxylic acids is 2. The lowest BCUT2D eigenvalue weighted by atomic mass is 9.72. The first-order valence-electron chi connectivity index (χ1n) is 14.9. The Labute approximate surface area is 248 Å². The number of hydrogen-bond acceptors (Lipinski definition) is 3. The van der Waals surface area contributed by atoms with Crippen LogP contribution >= 0.6 is 0 Å². The molecule has 2 atom stereocenters. The fourth-order valence-corrected chi connectivity index (χ4v) is 6.59. The van der Waals surface area contributed by atoms with Crippen molar-refractivity contribution in [2.75, 3.05) is 6.54 Å². The Hall–Kier alpha value is -3.09. The van der Waals surface area contributed by atoms with E-state index in [9.17, 15) is 22.8 Å². The van der Waals surface area contributed by atoms with Gasteiger partial charge < -0.3 is 4.74 Å². The van der Waals surface area contributed by atoms with E-state index in [1.165, 1.54) is 5.57 Å². The molecule has 2 aromatic carbocycles. The van der Waals surface area contributed by atoms with E-state index in [1.54, 1.807) is 17.9 Å². The van der Waals surface area contributed by atoms with E-state index in [0.717, 1.165) is 53.7 Å². The first kappa shape index (κ1) is 31.8. The number of alkyl halides is 3. The fraction of sp³-hybridized carbons (Fsp3) is 0.543. The monoisotopic (exact) mass is 583 g/mol. The highest BCUT2D eigenvalue weighted by molar-refractivity contribution is 5.84. The molecule has 0 N–H and O–H groups in total. The smallest absolute Gasteiger partial charge is 0.416 e. The van der Waals surface area contributed by atoms with Gasteiger partial charge in [0.25, 0.3) is 0 Å². The largest absolute Gasteiger partial charge is 0.439 e. The van der Waals surface area contributed by atoms with Gasteiger partial charge in [-0.25, -0.2) is 4.79 Å². The molecule has 1 aliphatic heterocycles. The lowest BCUT2D eigenvalue weighted by Crippen LogP contribution is -2.35. The van der Waals surface area contributed by atoms with Crippen molar-refractivity contribution in [2.24, 2.45) is 10.8 Å². The summed E-state index contributed by atoms with van der Waals surface area (Å²) >= 11 is 0. The van der Waals surface area contributed by atoms with Gasteiger partial charge in [0.15, 0.2) is 0 Å². The summed E-state index contributed by atoms with van der Waals surface area (Å²) < 4.78 is 46.3. The molecular weight excluding hydrogens is 539 g/mol. The lowest BCUT2D eigenvalue weighted by Gasteiger charge is -2.36. The average Bonchev–Trinajstić information content (AvgIpc) is 3.16. The van der Waals surface area contributed by atoms with Crippen LogP contribution in [0.1, 0.15) is 107 Å². The van der Waals surface area contributed by atoms with Crippen molar-refractivity contribution >= 4 is 17.4 Å². The highest BCUT2D eigenvalue weighted by Gasteiger charge is 2.42. The number of benzene rings is 2. The molecule has 0 bridgehead atoms. The second-order valence-corrected chi connectivity index (χ2v) is 13.7. The third-order valence-corrected chi connectivity index (χ3v) is 9.03. The highest BCUT2D eigenvalue weighted by Crippen LogP contribution is 2.45. The summed E-state index contributed by atoms with van der Waals surface area (Å²) in [5.74, 6) is 0.232. The summed E-state index contributed by atoms with van der Waals surface area (Å²) in [6.07, 6.45) is -1.97. The van der Waals surface area contributed by atoms with Crippen molar-refractivity contribution < 1.29 is 27.5 Å². The van der Waals surface area contributed by atoms with Crippen molar-refractivity contribution in [1.29, 1.82) is 0 Å². The van der Waals surface area contributed by atoms with E-state index in [0.29, 0.717) is 30.5 Å². The summed E-state index contributed by atoms with van der Waals surface area (Å²) in [7, 11) is 0. The molecule has 42 heavy (non-hydrogen) atoms. The number of Topliss-reactive ketones (excluding diaryl/α,β-unsaturated/α-hetero) is 1. The van der Waals surface area contributed by atoms with Crippen LogP contribution in [0.2, 0.25) is 0 Å². The van der Waals surface area contributed by atoms with Crippen LogP contribution in [0.5, 0.6) is 0 Å². The topological polar surface area (TPSA) is 46.6 Å². The Kier molecular flexibility index (Phi) is 8.74. The number of hydrogen-bond donors (Lipinski definition) is 0. The van der Waals surface area contributed by atoms with Crippen molar-refractivity contribution in [3.05, 3.63) is 75.4 Å². The van der Waals surface area contributed by atoms with Gasteiger partial charge in [0.2, 0.25) is 0 Å². The van der Waals surface area contributed by atoms with Gasteiger partial charge in [0, 0.05) is 18.4 Å². The molecule has 4 rings (SSSR count). The van der Waals surface area contributed by atoms with Gasteiger partial charge in [-0.1, -0.05) is 64.4 Å². The number of rotatable bonds is 8. The Balaban J connectivity index is 1.69. The van der Waals surface area contributed by atoms with Gasteiger partial charge >= 0.3 is 12.3 Å². The zero-order chi connectivity index (χ0) is 31.2. The predicted octanol–water partition coefficient (Wildman–Crippen LogP) is 9.42. The standard InChI is InChI=1S/C35H44F3NO3/c1-9-30(40)34(7,8)18-24-11-10-22(3)29(16-24)28-12-13-33(5,6)19-26(28)20-39-23(4)31(42-32(39)41)25-14-21(2)15-27(17-25)35(36,37)38/h10-11,14-17,23,31H,9,12-13,18-20H2,1-8H3/t23-,31-/m0/s1. The molecule has 0 unspecified atom stereocenters. The molecule has 2 aromatic rings. The van der Waals surface area contributed by atoms with E-state index >= 15 is 0 Å². The first-order chi connectivity index (χ1) is 19.4. The van der Waals surface area contributed by atoms with E-state index in [2.05, 4.69) is 39.0 Å². The quantitative estimate of drug-likeness (QED) is 0.311. The maximum atomic E-state index is 13.5. The van der Waals surface area contributed by atoms with Crippen LogP contribution in [0.3, 0.4) is 0 Å². The Bertz CT molecular complexity index is 1400. The van der Waals surface area contributed by atoms with Crippen molar-refractivity contribution in [2.45, 2.75) is 106 Å². The molecule has 0 saturated carbocycles. The molecule has 1 heterocycles. The van der Waals surface area contributed by atoms with Gasteiger partial charge in [-0.2, -0.15) is 13.2 Å². The summed E-state index contributed by atoms with van der Waals surface area (Å²) in [5.41, 5.74) is 5.43. The number of amides is 1. The van der Waals surface area contributed by atoms with Crippen LogP contribution in [0.15, 0.2) is 42.0 Å². The second-order valence-electron chi connectivity index (χ2n) is 13.7. The van der Waals surface area contributed by atoms with Gasteiger partial charge in [-0.3, -0.25) is 9.69 Å². The van der Waals surface area contributed by atoms with Crippen LogP contribution < -0.4 is 0 Å². The molecule has 1 aliphatic carbocycles. The van der Waals surface area contributed by atoms with Crippen LogP contribution in [0.25, 0.3) is 5.57 Å². The van der Waals surface area contributed by atoms with E-state index in [-0.39, 0.29) is 11.2 Å². The molecule has 0 aromatic heterocycles. The zero-order valence-corrected chi connectivity index (χ0v) is 26.2. The maximum absolute atomic E-state index is 13.5. The number of halogens is 3. The summed E-state index contributed by atoms with van der Waals surface area (Å²) in [5, 5.41) is 0. The molecular formula is C35H44F3NO3. The minimum atomic E-state index is -4.48. The number of ether oxygens (including phenoxy) is 1. The number of ketones is 1. The average molecular weight is 584 g/mol. The fourth-order valence-electron chi connectivity index (χ4n) is 6.59. The zero-order valence-electron chi connectivity index (χ0n) is 26.2. The highest BCUT2D eigenvalue weighted by atomic mass is 19.4. The van der Waals surface area contributed by atoms with E-state index in [4.69, 9.17) is 4.74 Å². The van der Waals surface area contributed by atoms with Crippen LogP contribution in [0.4, 0.5) is 18.0 Å². The molecule has 1 saturated heterocycles. The first-order valence-corrected chi connectivity index (χ1v) is 14.9. The van der Waals surface area contributed by atoms with Crippen molar-refractivity contribution in [3.8, 4) is 0 Å². The second kappa shape index (κ2) is 11.5. The predicted molar refractivity (Wildman–Crippen MR) is 160 cm³/mol. The third kappa shape index (κ3) is 6.76. The third-order valence-electron chi connectivity index (χ3n) is 9.03. The van der Waals surface area contributed by atoms with Gasteiger partial charge in [-0.15, -0.1) is 0 Å². The number of aryl methyl sites for hydroxylation is 2. The Morgan fingerprint density at radius 1 is 1.10 bits per heavy atom. The molecule has 1 fully saturated rings. The van der Waals surface area contributed by atoms with Crippen LogP contribution in [-0.4, -0.2) is 29.4 Å². The number of nitrogens with zero attached hydrogens (tertiary/aromatic N) is 1. The summed E-state index contributed by atoms with van der Waals surface area (Å²) in [6.45, 7) is 16.3. The normalized spacial score (nSPS) is 21.1. The van der Waals surface area contributed by atoms with Gasteiger partial charge in [0.1, 0.15) is 11.9 Å². The number of carbonyl (C=O) groups is 2. The Morgan fingerprint density at radius 3 is 2.43 bits per heavy atom. The van der Waals surface area contributed by atoms with Crippen molar-refractivity contribution in [1.82, 2.24) is 4.90 Å².